The van der Waals surface area contributed by atoms with Gasteiger partial charge in [0.1, 0.15) is 17.3 Å². The molecule has 1 atom stereocenters. The van der Waals surface area contributed by atoms with Gasteiger partial charge in [0.05, 0.1) is 5.69 Å². The molecule has 1 unspecified atom stereocenters. The van der Waals surface area contributed by atoms with Gasteiger partial charge in [-0.2, -0.15) is 13.2 Å². The van der Waals surface area contributed by atoms with Gasteiger partial charge in [0.25, 0.3) is 11.8 Å². The lowest BCUT2D eigenvalue weighted by Gasteiger charge is -2.20. The van der Waals surface area contributed by atoms with Gasteiger partial charge in [-0.15, -0.1) is 0 Å². The Kier molecular flexibility index (Phi) is 4.40. The van der Waals surface area contributed by atoms with Gasteiger partial charge in [0.15, 0.2) is 6.61 Å². The minimum Gasteiger partial charge on any atom is -0.482 e. The van der Waals surface area contributed by atoms with Crippen molar-refractivity contribution in [3.63, 3.8) is 0 Å². The molecule has 4 rings (SSSR count). The highest BCUT2D eigenvalue weighted by Crippen LogP contribution is 2.32. The van der Waals surface area contributed by atoms with Crippen molar-refractivity contribution in [1.29, 1.82) is 0 Å². The molecule has 146 valence electrons. The second-order valence-corrected chi connectivity index (χ2v) is 6.58. The molecule has 1 fully saturated rings. The summed E-state index contributed by atoms with van der Waals surface area (Å²) in [5.41, 5.74) is -0.220. The molecule has 0 saturated carbocycles. The number of rotatable bonds is 2. The number of ether oxygens (including phenoxy) is 1. The average Bonchev–Trinajstić information content (AvgIpc) is 3.16. The van der Waals surface area contributed by atoms with Gasteiger partial charge in [0, 0.05) is 30.8 Å². The van der Waals surface area contributed by atoms with Crippen LogP contribution in [0.3, 0.4) is 0 Å². The smallest absolute Gasteiger partial charge is 0.433 e. The maximum absolute atomic E-state index is 12.9. The van der Waals surface area contributed by atoms with Gasteiger partial charge in [0.2, 0.25) is 0 Å². The van der Waals surface area contributed by atoms with E-state index in [1.54, 1.807) is 17.0 Å². The third-order valence-corrected chi connectivity index (χ3v) is 4.66. The fraction of sp³-hybridized carbons (Fsp3) is 0.333. The number of aromatic nitrogens is 2. The normalized spacial score (nSPS) is 19.0. The van der Waals surface area contributed by atoms with E-state index in [0.29, 0.717) is 30.0 Å². The number of nitrogens with zero attached hydrogens (tertiary/aromatic N) is 3. The summed E-state index contributed by atoms with van der Waals surface area (Å²) in [6.07, 6.45) is -2.99. The van der Waals surface area contributed by atoms with Crippen LogP contribution >= 0.6 is 0 Å². The quantitative estimate of drug-likeness (QED) is 0.849. The lowest BCUT2D eigenvalue weighted by Crippen LogP contribution is -2.29. The van der Waals surface area contributed by atoms with Crippen molar-refractivity contribution in [2.75, 3.05) is 25.0 Å². The summed E-state index contributed by atoms with van der Waals surface area (Å²) >= 11 is 0. The number of alkyl halides is 3. The number of benzene rings is 1. The van der Waals surface area contributed by atoms with E-state index in [9.17, 15) is 22.8 Å². The molecule has 10 heteroatoms. The van der Waals surface area contributed by atoms with Crippen LogP contribution in [0, 0.1) is 0 Å². The van der Waals surface area contributed by atoms with Crippen LogP contribution in [0.4, 0.5) is 18.9 Å². The van der Waals surface area contributed by atoms with Crippen molar-refractivity contribution in [1.82, 2.24) is 14.9 Å². The number of carbonyl (C=O) groups is 2. The SMILES string of the molecule is O=C1COc2ccc(C(=O)N3CCC(c4nccc(C(F)(F)F)n4)C3)cc2N1. The summed E-state index contributed by atoms with van der Waals surface area (Å²) in [4.78, 5) is 33.3. The van der Waals surface area contributed by atoms with Gasteiger partial charge < -0.3 is 15.0 Å². The van der Waals surface area contributed by atoms with Gasteiger partial charge in [-0.1, -0.05) is 0 Å². The van der Waals surface area contributed by atoms with Crippen molar-refractivity contribution in [3.8, 4) is 5.75 Å². The first kappa shape index (κ1) is 18.2. The third-order valence-electron chi connectivity index (χ3n) is 4.66. The monoisotopic (exact) mass is 392 g/mol. The van der Waals surface area contributed by atoms with Crippen LogP contribution in [0.25, 0.3) is 0 Å². The minimum atomic E-state index is -4.54. The summed E-state index contributed by atoms with van der Waals surface area (Å²) < 4.78 is 43.8. The van der Waals surface area contributed by atoms with Crippen molar-refractivity contribution in [3.05, 3.63) is 47.5 Å². The van der Waals surface area contributed by atoms with E-state index in [2.05, 4.69) is 15.3 Å². The molecule has 2 aliphatic rings. The molecule has 2 amide bonds. The summed E-state index contributed by atoms with van der Waals surface area (Å²) in [6, 6.07) is 5.55. The van der Waals surface area contributed by atoms with E-state index in [-0.39, 0.29) is 36.7 Å². The molecule has 7 nitrogen and oxygen atoms in total. The maximum atomic E-state index is 12.9. The van der Waals surface area contributed by atoms with Crippen molar-refractivity contribution in [2.45, 2.75) is 18.5 Å². The number of hydrogen-bond acceptors (Lipinski definition) is 5. The maximum Gasteiger partial charge on any atom is 0.433 e. The number of halogens is 3. The molecular formula is C18H15F3N4O3. The minimum absolute atomic E-state index is 0.0783. The standard InChI is InChI=1S/C18H15F3N4O3/c19-18(20,21)14-3-5-22-16(24-14)11-4-6-25(8-11)17(27)10-1-2-13-12(7-10)23-15(26)9-28-13/h1-3,5,7,11H,4,6,8-9H2,(H,23,26). The molecule has 1 saturated heterocycles. The second-order valence-electron chi connectivity index (χ2n) is 6.58. The Balaban J connectivity index is 1.49. The Morgan fingerprint density at radius 3 is 2.89 bits per heavy atom. The summed E-state index contributed by atoms with van der Waals surface area (Å²) in [7, 11) is 0. The van der Waals surface area contributed by atoms with E-state index in [1.165, 1.54) is 6.07 Å². The number of nitrogens with one attached hydrogen (secondary N) is 1. The molecule has 0 radical (unpaired) electrons. The molecule has 1 aromatic carbocycles. The third kappa shape index (κ3) is 3.49. The molecule has 2 aliphatic heterocycles. The molecule has 0 bridgehead atoms. The van der Waals surface area contributed by atoms with Gasteiger partial charge in [-0.3, -0.25) is 9.59 Å². The second kappa shape index (κ2) is 6.77. The lowest BCUT2D eigenvalue weighted by atomic mass is 10.1. The van der Waals surface area contributed by atoms with Crippen LogP contribution in [0.5, 0.6) is 5.75 Å². The number of carbonyl (C=O) groups excluding carboxylic acids is 2. The molecule has 0 aliphatic carbocycles. The highest BCUT2D eigenvalue weighted by atomic mass is 19.4. The Bertz CT molecular complexity index is 948. The van der Waals surface area contributed by atoms with Gasteiger partial charge >= 0.3 is 6.18 Å². The van der Waals surface area contributed by atoms with Crippen molar-refractivity contribution in [2.24, 2.45) is 0 Å². The molecule has 1 N–H and O–H groups in total. The van der Waals surface area contributed by atoms with E-state index < -0.39 is 11.9 Å². The van der Waals surface area contributed by atoms with Crippen LogP contribution in [0.2, 0.25) is 0 Å². The zero-order valence-electron chi connectivity index (χ0n) is 14.5. The van der Waals surface area contributed by atoms with Crippen molar-refractivity contribution >= 4 is 17.5 Å². The molecule has 28 heavy (non-hydrogen) atoms. The topological polar surface area (TPSA) is 84.4 Å². The largest absolute Gasteiger partial charge is 0.482 e. The Morgan fingerprint density at radius 2 is 2.11 bits per heavy atom. The first-order valence-electron chi connectivity index (χ1n) is 8.57. The van der Waals surface area contributed by atoms with Crippen LogP contribution in [-0.4, -0.2) is 46.4 Å². The number of anilines is 1. The Morgan fingerprint density at radius 1 is 1.29 bits per heavy atom. The summed E-state index contributed by atoms with van der Waals surface area (Å²) in [5, 5.41) is 2.64. The molecule has 2 aromatic rings. The Hall–Kier alpha value is -3.17. The van der Waals surface area contributed by atoms with Crippen LogP contribution < -0.4 is 10.1 Å². The average molecular weight is 392 g/mol. The van der Waals surface area contributed by atoms with Gasteiger partial charge in [-0.25, -0.2) is 9.97 Å². The Labute approximate surface area is 157 Å². The zero-order valence-corrected chi connectivity index (χ0v) is 14.5. The fourth-order valence-electron chi connectivity index (χ4n) is 3.28. The van der Waals surface area contributed by atoms with Crippen LogP contribution in [0.1, 0.15) is 34.2 Å². The molecule has 0 spiro atoms. The summed E-state index contributed by atoms with van der Waals surface area (Å²) in [5.74, 6) is -0.395. The molecule has 1 aromatic heterocycles. The van der Waals surface area contributed by atoms with E-state index in [0.717, 1.165) is 12.3 Å². The van der Waals surface area contributed by atoms with Crippen LogP contribution in [0.15, 0.2) is 30.5 Å². The van der Waals surface area contributed by atoms with E-state index in [1.807, 2.05) is 0 Å². The first-order valence-corrected chi connectivity index (χ1v) is 8.57. The highest BCUT2D eigenvalue weighted by Gasteiger charge is 2.35. The number of amides is 2. The zero-order chi connectivity index (χ0) is 19.9. The highest BCUT2D eigenvalue weighted by molar-refractivity contribution is 6.00. The fourth-order valence-corrected chi connectivity index (χ4v) is 3.28. The predicted octanol–water partition coefficient (Wildman–Crippen LogP) is 2.46. The number of hydrogen-bond donors (Lipinski definition) is 1. The van der Waals surface area contributed by atoms with Gasteiger partial charge in [-0.05, 0) is 30.7 Å². The molecule has 3 heterocycles. The van der Waals surface area contributed by atoms with Crippen LogP contribution in [-0.2, 0) is 11.0 Å². The predicted molar refractivity (Wildman–Crippen MR) is 90.9 cm³/mol. The number of fused-ring (bicyclic) bond motifs is 1. The lowest BCUT2D eigenvalue weighted by molar-refractivity contribution is -0.141. The molecular weight excluding hydrogens is 377 g/mol. The summed E-state index contributed by atoms with van der Waals surface area (Å²) in [6.45, 7) is 0.522. The first-order chi connectivity index (χ1) is 13.3. The van der Waals surface area contributed by atoms with E-state index in [4.69, 9.17) is 4.74 Å². The van der Waals surface area contributed by atoms with E-state index >= 15 is 0 Å². The number of likely N-dealkylation sites (tertiary alicyclic amines) is 1. The van der Waals surface area contributed by atoms with Crippen molar-refractivity contribution < 1.29 is 27.5 Å².